The van der Waals surface area contributed by atoms with Crippen molar-refractivity contribution in [3.8, 4) is 5.69 Å². The van der Waals surface area contributed by atoms with E-state index in [-0.39, 0.29) is 11.0 Å². The first kappa shape index (κ1) is 11.0. The SMILES string of the molecule is Cn1c(=O)n(-c2ccccc2)c2nc(Cl)ncc21. The zero-order valence-corrected chi connectivity index (χ0v) is 10.3. The fourth-order valence-electron chi connectivity index (χ4n) is 1.90. The van der Waals surface area contributed by atoms with Crippen molar-refractivity contribution >= 4 is 22.8 Å². The van der Waals surface area contributed by atoms with Gasteiger partial charge in [-0.2, -0.15) is 4.98 Å². The van der Waals surface area contributed by atoms with Crippen LogP contribution in [0.3, 0.4) is 0 Å². The van der Waals surface area contributed by atoms with Crippen LogP contribution in [0, 0.1) is 0 Å². The molecule has 0 aliphatic heterocycles. The maximum atomic E-state index is 12.2. The number of fused-ring (bicyclic) bond motifs is 1. The van der Waals surface area contributed by atoms with Crippen molar-refractivity contribution in [1.29, 1.82) is 0 Å². The third kappa shape index (κ3) is 1.52. The molecule has 0 aliphatic carbocycles. The first-order chi connectivity index (χ1) is 8.68. The average molecular weight is 261 g/mol. The molecule has 0 saturated heterocycles. The molecule has 0 aliphatic rings. The molecule has 90 valence electrons. The summed E-state index contributed by atoms with van der Waals surface area (Å²) in [6, 6.07) is 9.31. The molecule has 1 aromatic carbocycles. The highest BCUT2D eigenvalue weighted by atomic mass is 35.5. The number of hydrogen-bond acceptors (Lipinski definition) is 3. The Morgan fingerprint density at radius 1 is 1.22 bits per heavy atom. The second-order valence-corrected chi connectivity index (χ2v) is 4.20. The summed E-state index contributed by atoms with van der Waals surface area (Å²) in [7, 11) is 1.68. The Bertz CT molecular complexity index is 776. The van der Waals surface area contributed by atoms with E-state index in [0.717, 1.165) is 5.69 Å². The highest BCUT2D eigenvalue weighted by Gasteiger charge is 2.14. The summed E-state index contributed by atoms with van der Waals surface area (Å²) >= 11 is 5.79. The highest BCUT2D eigenvalue weighted by molar-refractivity contribution is 6.28. The van der Waals surface area contributed by atoms with Gasteiger partial charge in [-0.25, -0.2) is 14.3 Å². The minimum Gasteiger partial charge on any atom is -0.292 e. The maximum Gasteiger partial charge on any atom is 0.334 e. The lowest BCUT2D eigenvalue weighted by Gasteiger charge is -2.01. The third-order valence-corrected chi connectivity index (χ3v) is 2.97. The van der Waals surface area contributed by atoms with Crippen LogP contribution in [0.25, 0.3) is 16.9 Å². The summed E-state index contributed by atoms with van der Waals surface area (Å²) in [6.07, 6.45) is 1.55. The molecule has 2 aromatic heterocycles. The van der Waals surface area contributed by atoms with Crippen LogP contribution >= 0.6 is 11.6 Å². The van der Waals surface area contributed by atoms with Crippen molar-refractivity contribution in [2.75, 3.05) is 0 Å². The number of para-hydroxylation sites is 1. The van der Waals surface area contributed by atoms with Gasteiger partial charge >= 0.3 is 5.69 Å². The molecule has 3 aromatic rings. The summed E-state index contributed by atoms with van der Waals surface area (Å²) in [5, 5.41) is 0.123. The van der Waals surface area contributed by atoms with E-state index in [1.165, 1.54) is 9.13 Å². The van der Waals surface area contributed by atoms with E-state index < -0.39 is 0 Å². The van der Waals surface area contributed by atoms with Gasteiger partial charge in [-0.3, -0.25) is 4.57 Å². The Morgan fingerprint density at radius 2 is 1.94 bits per heavy atom. The number of imidazole rings is 1. The summed E-state index contributed by atoms with van der Waals surface area (Å²) < 4.78 is 3.02. The van der Waals surface area contributed by atoms with Gasteiger partial charge in [0.1, 0.15) is 5.52 Å². The minimum atomic E-state index is -0.173. The van der Waals surface area contributed by atoms with Crippen LogP contribution < -0.4 is 5.69 Å². The first-order valence-electron chi connectivity index (χ1n) is 5.34. The van der Waals surface area contributed by atoms with Gasteiger partial charge < -0.3 is 0 Å². The number of aromatic nitrogens is 4. The fraction of sp³-hybridized carbons (Fsp3) is 0.0833. The molecule has 0 saturated carbocycles. The van der Waals surface area contributed by atoms with Gasteiger partial charge in [0.05, 0.1) is 11.9 Å². The minimum absolute atomic E-state index is 0.123. The second kappa shape index (κ2) is 3.96. The Balaban J connectivity index is 2.46. The summed E-state index contributed by atoms with van der Waals surface area (Å²) in [6.45, 7) is 0. The molecule has 0 unspecified atom stereocenters. The summed E-state index contributed by atoms with van der Waals surface area (Å²) in [5.41, 5.74) is 1.73. The predicted molar refractivity (Wildman–Crippen MR) is 69.1 cm³/mol. The Labute approximate surface area is 107 Å². The van der Waals surface area contributed by atoms with Crippen LogP contribution in [0.4, 0.5) is 0 Å². The normalized spacial score (nSPS) is 11.0. The van der Waals surface area contributed by atoms with Gasteiger partial charge in [0.15, 0.2) is 5.65 Å². The van der Waals surface area contributed by atoms with Crippen molar-refractivity contribution in [1.82, 2.24) is 19.1 Å². The molecular formula is C12H9ClN4O. The topological polar surface area (TPSA) is 52.7 Å². The van der Waals surface area contributed by atoms with Gasteiger partial charge in [-0.1, -0.05) is 18.2 Å². The molecule has 0 fully saturated rings. The molecule has 0 radical (unpaired) electrons. The smallest absolute Gasteiger partial charge is 0.292 e. The molecule has 2 heterocycles. The standard InChI is InChI=1S/C12H9ClN4O/c1-16-9-7-14-11(13)15-10(9)17(12(16)18)8-5-3-2-4-6-8/h2-7H,1H3. The van der Waals surface area contributed by atoms with E-state index in [9.17, 15) is 4.79 Å². The van der Waals surface area contributed by atoms with Crippen LogP contribution in [0.15, 0.2) is 41.3 Å². The molecule has 0 atom stereocenters. The van der Waals surface area contributed by atoms with E-state index in [4.69, 9.17) is 11.6 Å². The Hall–Kier alpha value is -2.14. The maximum absolute atomic E-state index is 12.2. The van der Waals surface area contributed by atoms with Gasteiger partial charge in [-0.05, 0) is 23.7 Å². The van der Waals surface area contributed by atoms with Gasteiger partial charge in [-0.15, -0.1) is 0 Å². The van der Waals surface area contributed by atoms with E-state index in [2.05, 4.69) is 9.97 Å². The lowest BCUT2D eigenvalue weighted by molar-refractivity contribution is 0.844. The molecule has 5 nitrogen and oxygen atoms in total. The van der Waals surface area contributed by atoms with Crippen molar-refractivity contribution in [3.05, 3.63) is 52.3 Å². The molecule has 0 N–H and O–H groups in total. The van der Waals surface area contributed by atoms with E-state index >= 15 is 0 Å². The highest BCUT2D eigenvalue weighted by Crippen LogP contribution is 2.15. The van der Waals surface area contributed by atoms with Gasteiger partial charge in [0.25, 0.3) is 0 Å². The molecular weight excluding hydrogens is 252 g/mol. The Morgan fingerprint density at radius 3 is 2.67 bits per heavy atom. The van der Waals surface area contributed by atoms with Crippen LogP contribution in [-0.4, -0.2) is 19.1 Å². The lowest BCUT2D eigenvalue weighted by Crippen LogP contribution is -2.20. The van der Waals surface area contributed by atoms with Crippen molar-refractivity contribution in [2.45, 2.75) is 0 Å². The van der Waals surface area contributed by atoms with Crippen LogP contribution in [0.1, 0.15) is 0 Å². The largest absolute Gasteiger partial charge is 0.334 e. The quantitative estimate of drug-likeness (QED) is 0.627. The van der Waals surface area contributed by atoms with E-state index in [1.807, 2.05) is 30.3 Å². The fourth-order valence-corrected chi connectivity index (χ4v) is 2.03. The number of halogens is 1. The summed E-state index contributed by atoms with van der Waals surface area (Å²) in [4.78, 5) is 20.2. The molecule has 0 bridgehead atoms. The lowest BCUT2D eigenvalue weighted by atomic mass is 10.3. The Kier molecular flexibility index (Phi) is 2.41. The van der Waals surface area contributed by atoms with E-state index in [1.54, 1.807) is 13.2 Å². The number of aryl methyl sites for hydroxylation is 1. The molecule has 0 spiro atoms. The van der Waals surface area contributed by atoms with Crippen LogP contribution in [0.2, 0.25) is 5.28 Å². The first-order valence-corrected chi connectivity index (χ1v) is 5.71. The van der Waals surface area contributed by atoms with E-state index in [0.29, 0.717) is 11.2 Å². The summed E-state index contributed by atoms with van der Waals surface area (Å²) in [5.74, 6) is 0. The average Bonchev–Trinajstić information content (AvgIpc) is 2.63. The zero-order valence-electron chi connectivity index (χ0n) is 9.54. The second-order valence-electron chi connectivity index (χ2n) is 3.86. The molecule has 6 heteroatoms. The molecule has 0 amide bonds. The van der Waals surface area contributed by atoms with Gasteiger partial charge in [0, 0.05) is 7.05 Å². The number of benzene rings is 1. The monoisotopic (exact) mass is 260 g/mol. The number of nitrogens with zero attached hydrogens (tertiary/aromatic N) is 4. The van der Waals surface area contributed by atoms with Crippen LogP contribution in [-0.2, 0) is 7.05 Å². The van der Waals surface area contributed by atoms with Gasteiger partial charge in [0.2, 0.25) is 5.28 Å². The number of rotatable bonds is 1. The number of hydrogen-bond donors (Lipinski definition) is 0. The third-order valence-electron chi connectivity index (χ3n) is 2.79. The van der Waals surface area contributed by atoms with Crippen molar-refractivity contribution in [2.24, 2.45) is 7.05 Å². The molecule has 18 heavy (non-hydrogen) atoms. The van der Waals surface area contributed by atoms with Crippen molar-refractivity contribution < 1.29 is 0 Å². The predicted octanol–water partition coefficient (Wildman–Crippen LogP) is 1.77. The van der Waals surface area contributed by atoms with Crippen molar-refractivity contribution in [3.63, 3.8) is 0 Å². The molecule has 3 rings (SSSR count). The van der Waals surface area contributed by atoms with Crippen LogP contribution in [0.5, 0.6) is 0 Å². The zero-order chi connectivity index (χ0) is 12.7.